The monoisotopic (exact) mass is 344 g/mol. The summed E-state index contributed by atoms with van der Waals surface area (Å²) in [6.45, 7) is 0. The molecular formula is C20H16N4O2. The maximum Gasteiger partial charge on any atom is 0.248 e. The van der Waals surface area contributed by atoms with E-state index in [4.69, 9.17) is 10.5 Å². The van der Waals surface area contributed by atoms with Gasteiger partial charge >= 0.3 is 0 Å². The molecule has 1 heterocycles. The number of carbonyl (C=O) groups is 1. The molecule has 26 heavy (non-hydrogen) atoms. The second-order valence-electron chi connectivity index (χ2n) is 5.50. The van der Waals surface area contributed by atoms with Crippen molar-refractivity contribution in [3.8, 4) is 23.1 Å². The number of nitrogens with zero attached hydrogens (tertiary/aromatic N) is 2. The van der Waals surface area contributed by atoms with Crippen LogP contribution < -0.4 is 15.8 Å². The zero-order valence-corrected chi connectivity index (χ0v) is 14.1. The SMILES string of the molecule is COc1ccc(-c2ccc(C#N)c(Nc3ccc(C(N)=O)cc3)n2)cc1. The van der Waals surface area contributed by atoms with Crippen molar-refractivity contribution in [1.29, 1.82) is 5.26 Å². The Balaban J connectivity index is 1.92. The van der Waals surface area contributed by atoms with Crippen molar-refractivity contribution in [2.45, 2.75) is 0 Å². The third-order valence-electron chi connectivity index (χ3n) is 3.83. The molecule has 6 nitrogen and oxygen atoms in total. The van der Waals surface area contributed by atoms with Crippen LogP contribution in [0.2, 0.25) is 0 Å². The number of carbonyl (C=O) groups excluding carboxylic acids is 1. The van der Waals surface area contributed by atoms with E-state index in [9.17, 15) is 10.1 Å². The molecule has 0 aliphatic rings. The number of hydrogen-bond acceptors (Lipinski definition) is 5. The van der Waals surface area contributed by atoms with Crippen LogP contribution in [0.1, 0.15) is 15.9 Å². The van der Waals surface area contributed by atoms with Crippen molar-refractivity contribution in [2.75, 3.05) is 12.4 Å². The number of methoxy groups -OCH3 is 1. The van der Waals surface area contributed by atoms with E-state index < -0.39 is 5.91 Å². The Morgan fingerprint density at radius 2 is 1.77 bits per heavy atom. The third kappa shape index (κ3) is 3.62. The second-order valence-corrected chi connectivity index (χ2v) is 5.50. The molecule has 0 saturated heterocycles. The van der Waals surface area contributed by atoms with Crippen molar-refractivity contribution in [3.63, 3.8) is 0 Å². The fourth-order valence-electron chi connectivity index (χ4n) is 2.42. The minimum atomic E-state index is -0.492. The highest BCUT2D eigenvalue weighted by Crippen LogP contribution is 2.25. The lowest BCUT2D eigenvalue weighted by Gasteiger charge is -2.10. The summed E-state index contributed by atoms with van der Waals surface area (Å²) in [5, 5.41) is 12.4. The van der Waals surface area contributed by atoms with Crippen LogP contribution in [0.4, 0.5) is 11.5 Å². The molecule has 0 unspecified atom stereocenters. The molecule has 3 aromatic rings. The van der Waals surface area contributed by atoms with Gasteiger partial charge in [0, 0.05) is 16.8 Å². The molecule has 2 aromatic carbocycles. The van der Waals surface area contributed by atoms with Gasteiger partial charge in [-0.3, -0.25) is 4.79 Å². The van der Waals surface area contributed by atoms with E-state index in [-0.39, 0.29) is 0 Å². The largest absolute Gasteiger partial charge is 0.497 e. The van der Waals surface area contributed by atoms with Gasteiger partial charge in [-0.05, 0) is 60.7 Å². The lowest BCUT2D eigenvalue weighted by atomic mass is 10.1. The number of anilines is 2. The summed E-state index contributed by atoms with van der Waals surface area (Å²) in [4.78, 5) is 15.7. The Morgan fingerprint density at radius 3 is 2.35 bits per heavy atom. The highest BCUT2D eigenvalue weighted by molar-refractivity contribution is 5.93. The molecule has 128 valence electrons. The molecule has 3 N–H and O–H groups in total. The number of nitrogens with one attached hydrogen (secondary N) is 1. The molecule has 0 aliphatic heterocycles. The summed E-state index contributed by atoms with van der Waals surface area (Å²) >= 11 is 0. The number of ether oxygens (including phenoxy) is 1. The van der Waals surface area contributed by atoms with Crippen molar-refractivity contribution >= 4 is 17.4 Å². The number of hydrogen-bond donors (Lipinski definition) is 2. The molecule has 1 amide bonds. The van der Waals surface area contributed by atoms with Gasteiger partial charge in [0.25, 0.3) is 0 Å². The zero-order valence-electron chi connectivity index (χ0n) is 14.1. The van der Waals surface area contributed by atoms with Crippen LogP contribution in [0, 0.1) is 11.3 Å². The van der Waals surface area contributed by atoms with Crippen LogP contribution in [0.25, 0.3) is 11.3 Å². The Hall–Kier alpha value is -3.85. The van der Waals surface area contributed by atoms with Crippen LogP contribution in [0.5, 0.6) is 5.75 Å². The van der Waals surface area contributed by atoms with Gasteiger partial charge in [0.05, 0.1) is 18.4 Å². The molecule has 0 bridgehead atoms. The first-order valence-electron chi connectivity index (χ1n) is 7.83. The molecule has 0 aliphatic carbocycles. The van der Waals surface area contributed by atoms with Crippen molar-refractivity contribution in [1.82, 2.24) is 4.98 Å². The van der Waals surface area contributed by atoms with Gasteiger partial charge in [-0.25, -0.2) is 4.98 Å². The Morgan fingerprint density at radius 1 is 1.08 bits per heavy atom. The zero-order chi connectivity index (χ0) is 18.5. The summed E-state index contributed by atoms with van der Waals surface area (Å²) < 4.78 is 5.16. The van der Waals surface area contributed by atoms with Crippen LogP contribution in [0.3, 0.4) is 0 Å². The van der Waals surface area contributed by atoms with Crippen LogP contribution in [-0.4, -0.2) is 18.0 Å². The van der Waals surface area contributed by atoms with Gasteiger partial charge in [-0.15, -0.1) is 0 Å². The van der Waals surface area contributed by atoms with Gasteiger partial charge in [0.2, 0.25) is 5.91 Å². The summed E-state index contributed by atoms with van der Waals surface area (Å²) in [6, 6.07) is 19.8. The fraction of sp³-hybridized carbons (Fsp3) is 0.0500. The average Bonchev–Trinajstić information content (AvgIpc) is 2.68. The normalized spacial score (nSPS) is 10.0. The summed E-state index contributed by atoms with van der Waals surface area (Å²) in [6.07, 6.45) is 0. The van der Waals surface area contributed by atoms with E-state index in [1.807, 2.05) is 24.3 Å². The Kier molecular flexibility index (Phi) is 4.81. The molecule has 0 fully saturated rings. The average molecular weight is 344 g/mol. The van der Waals surface area contributed by atoms with E-state index in [2.05, 4.69) is 16.4 Å². The quantitative estimate of drug-likeness (QED) is 0.738. The Labute approximate surface area is 150 Å². The van der Waals surface area contributed by atoms with E-state index in [1.165, 1.54) is 0 Å². The highest BCUT2D eigenvalue weighted by atomic mass is 16.5. The summed E-state index contributed by atoms with van der Waals surface area (Å²) in [7, 11) is 1.61. The minimum absolute atomic E-state index is 0.413. The highest BCUT2D eigenvalue weighted by Gasteiger charge is 2.09. The van der Waals surface area contributed by atoms with Gasteiger partial charge in [0.1, 0.15) is 17.6 Å². The van der Waals surface area contributed by atoms with E-state index in [0.717, 1.165) is 17.0 Å². The second kappa shape index (κ2) is 7.36. The maximum atomic E-state index is 11.2. The smallest absolute Gasteiger partial charge is 0.248 e. The standard InChI is InChI=1S/C20H16N4O2/c1-26-17-9-4-13(5-10-17)18-11-6-15(12-21)20(24-18)23-16-7-2-14(3-8-16)19(22)25/h2-11H,1H3,(H2,22,25)(H,23,24). The third-order valence-corrected chi connectivity index (χ3v) is 3.83. The molecule has 0 saturated carbocycles. The first-order chi connectivity index (χ1) is 12.6. The number of nitrogens with two attached hydrogens (primary N) is 1. The molecular weight excluding hydrogens is 328 g/mol. The molecule has 0 atom stereocenters. The molecule has 0 radical (unpaired) electrons. The van der Waals surface area contributed by atoms with Gasteiger partial charge in [-0.1, -0.05) is 0 Å². The first kappa shape index (κ1) is 17.0. The molecule has 1 aromatic heterocycles. The predicted molar refractivity (Wildman–Crippen MR) is 99.2 cm³/mol. The number of benzene rings is 2. The summed E-state index contributed by atoms with van der Waals surface area (Å²) in [5.41, 5.74) is 8.40. The number of aromatic nitrogens is 1. The molecule has 6 heteroatoms. The van der Waals surface area contributed by atoms with E-state index in [0.29, 0.717) is 22.6 Å². The van der Waals surface area contributed by atoms with Crippen molar-refractivity contribution in [3.05, 3.63) is 71.8 Å². The van der Waals surface area contributed by atoms with Gasteiger partial charge in [-0.2, -0.15) is 5.26 Å². The Bertz CT molecular complexity index is 974. The number of nitriles is 1. The van der Waals surface area contributed by atoms with Crippen LogP contribution >= 0.6 is 0 Å². The first-order valence-corrected chi connectivity index (χ1v) is 7.83. The van der Waals surface area contributed by atoms with Crippen molar-refractivity contribution in [2.24, 2.45) is 5.73 Å². The number of primary amides is 1. The minimum Gasteiger partial charge on any atom is -0.497 e. The van der Waals surface area contributed by atoms with Gasteiger partial charge in [0.15, 0.2) is 0 Å². The van der Waals surface area contributed by atoms with E-state index in [1.54, 1.807) is 43.5 Å². The topological polar surface area (TPSA) is 101 Å². The molecule has 3 rings (SSSR count). The number of pyridine rings is 1. The van der Waals surface area contributed by atoms with Gasteiger partial charge < -0.3 is 15.8 Å². The van der Waals surface area contributed by atoms with Crippen LogP contribution in [-0.2, 0) is 0 Å². The predicted octanol–water partition coefficient (Wildman–Crippen LogP) is 3.47. The fourth-order valence-corrected chi connectivity index (χ4v) is 2.42. The van der Waals surface area contributed by atoms with E-state index >= 15 is 0 Å². The number of amides is 1. The summed E-state index contributed by atoms with van der Waals surface area (Å²) in [5.74, 6) is 0.705. The van der Waals surface area contributed by atoms with Crippen molar-refractivity contribution < 1.29 is 9.53 Å². The number of rotatable bonds is 5. The lowest BCUT2D eigenvalue weighted by molar-refractivity contribution is 0.100. The lowest BCUT2D eigenvalue weighted by Crippen LogP contribution is -2.10. The molecule has 0 spiro atoms. The van der Waals surface area contributed by atoms with Crippen LogP contribution in [0.15, 0.2) is 60.7 Å². The maximum absolute atomic E-state index is 11.2.